The molecular weight excluding hydrogens is 170 g/mol. The topological polar surface area (TPSA) is 38.8 Å². The highest BCUT2D eigenvalue weighted by Crippen LogP contribution is 1.96. The number of hydrogen-bond acceptors (Lipinski definition) is 4. The Bertz CT molecular complexity index is 203. The second-order valence-electron chi connectivity index (χ2n) is 2.75. The Hall–Kier alpha value is -1.05. The zero-order chi connectivity index (χ0) is 9.52. The maximum atomic E-state index is 11.1. The van der Waals surface area contributed by atoms with E-state index in [1.165, 1.54) is 0 Å². The van der Waals surface area contributed by atoms with Gasteiger partial charge in [0, 0.05) is 13.1 Å². The van der Waals surface area contributed by atoms with Gasteiger partial charge in [-0.15, -0.1) is 6.42 Å². The predicted molar refractivity (Wildman–Crippen MR) is 47.1 cm³/mol. The van der Waals surface area contributed by atoms with Crippen LogP contribution in [-0.2, 0) is 14.3 Å². The average molecular weight is 183 g/mol. The van der Waals surface area contributed by atoms with E-state index in [0.717, 1.165) is 13.1 Å². The van der Waals surface area contributed by atoms with Crippen LogP contribution in [0.4, 0.5) is 0 Å². The summed E-state index contributed by atoms with van der Waals surface area (Å²) >= 11 is 0. The molecule has 0 saturated carbocycles. The molecule has 0 amide bonds. The van der Waals surface area contributed by atoms with Crippen LogP contribution >= 0.6 is 0 Å². The molecule has 0 aromatic rings. The third-order valence-corrected chi connectivity index (χ3v) is 1.77. The van der Waals surface area contributed by atoms with E-state index in [2.05, 4.69) is 5.92 Å². The van der Waals surface area contributed by atoms with Crippen LogP contribution in [-0.4, -0.2) is 50.3 Å². The van der Waals surface area contributed by atoms with Crippen molar-refractivity contribution in [3.8, 4) is 12.3 Å². The first-order valence-corrected chi connectivity index (χ1v) is 4.22. The fourth-order valence-electron chi connectivity index (χ4n) is 1.11. The van der Waals surface area contributed by atoms with Crippen molar-refractivity contribution in [2.24, 2.45) is 0 Å². The lowest BCUT2D eigenvalue weighted by Gasteiger charge is -2.25. The molecule has 0 aromatic carbocycles. The SMILES string of the molecule is C#CCOC(=O)CN1CCOCC1. The van der Waals surface area contributed by atoms with Crippen LogP contribution in [0.3, 0.4) is 0 Å². The Labute approximate surface area is 77.8 Å². The van der Waals surface area contributed by atoms with Gasteiger partial charge in [0.05, 0.1) is 19.8 Å². The van der Waals surface area contributed by atoms with Gasteiger partial charge in [-0.25, -0.2) is 0 Å². The molecule has 0 unspecified atom stereocenters. The van der Waals surface area contributed by atoms with Gasteiger partial charge >= 0.3 is 5.97 Å². The molecule has 0 N–H and O–H groups in total. The molecule has 0 spiro atoms. The summed E-state index contributed by atoms with van der Waals surface area (Å²) in [5, 5.41) is 0. The number of morpholine rings is 1. The summed E-state index contributed by atoms with van der Waals surface area (Å²) in [7, 11) is 0. The Morgan fingerprint density at radius 3 is 2.85 bits per heavy atom. The number of esters is 1. The van der Waals surface area contributed by atoms with Gasteiger partial charge in [-0.2, -0.15) is 0 Å². The molecule has 0 aromatic heterocycles. The van der Waals surface area contributed by atoms with E-state index < -0.39 is 0 Å². The molecular formula is C9H13NO3. The van der Waals surface area contributed by atoms with Crippen LogP contribution < -0.4 is 0 Å². The molecule has 0 aliphatic carbocycles. The van der Waals surface area contributed by atoms with E-state index in [-0.39, 0.29) is 12.6 Å². The van der Waals surface area contributed by atoms with E-state index in [4.69, 9.17) is 15.9 Å². The van der Waals surface area contributed by atoms with Gasteiger partial charge in [0.25, 0.3) is 0 Å². The standard InChI is InChI=1S/C9H13NO3/c1-2-5-13-9(11)8-10-3-6-12-7-4-10/h1H,3-8H2. The van der Waals surface area contributed by atoms with E-state index in [1.54, 1.807) is 0 Å². The molecule has 4 nitrogen and oxygen atoms in total. The molecule has 1 aliphatic rings. The molecule has 72 valence electrons. The summed E-state index contributed by atoms with van der Waals surface area (Å²) in [6, 6.07) is 0. The average Bonchev–Trinajstić information content (AvgIpc) is 2.16. The van der Waals surface area contributed by atoms with Gasteiger partial charge in [-0.3, -0.25) is 9.69 Å². The highest BCUT2D eigenvalue weighted by atomic mass is 16.5. The van der Waals surface area contributed by atoms with Crippen molar-refractivity contribution >= 4 is 5.97 Å². The molecule has 1 rings (SSSR count). The van der Waals surface area contributed by atoms with Gasteiger partial charge in [-0.1, -0.05) is 5.92 Å². The zero-order valence-electron chi connectivity index (χ0n) is 7.49. The van der Waals surface area contributed by atoms with Crippen molar-refractivity contribution in [1.82, 2.24) is 4.90 Å². The van der Waals surface area contributed by atoms with Crippen molar-refractivity contribution in [2.75, 3.05) is 39.5 Å². The first-order valence-electron chi connectivity index (χ1n) is 4.22. The summed E-state index contributed by atoms with van der Waals surface area (Å²) in [6.07, 6.45) is 4.95. The molecule has 1 fully saturated rings. The highest BCUT2D eigenvalue weighted by Gasteiger charge is 2.14. The number of carbonyl (C=O) groups is 1. The monoisotopic (exact) mass is 183 g/mol. The third kappa shape index (κ3) is 3.92. The third-order valence-electron chi connectivity index (χ3n) is 1.77. The summed E-state index contributed by atoms with van der Waals surface area (Å²) in [5.74, 6) is 1.99. The highest BCUT2D eigenvalue weighted by molar-refractivity contribution is 5.71. The number of nitrogens with zero attached hydrogens (tertiary/aromatic N) is 1. The Morgan fingerprint density at radius 2 is 2.23 bits per heavy atom. The van der Waals surface area contributed by atoms with Gasteiger partial charge in [-0.05, 0) is 0 Å². The van der Waals surface area contributed by atoms with Crippen LogP contribution in [0.1, 0.15) is 0 Å². The maximum absolute atomic E-state index is 11.1. The second kappa shape index (κ2) is 5.57. The lowest BCUT2D eigenvalue weighted by atomic mass is 10.4. The number of hydrogen-bond donors (Lipinski definition) is 0. The minimum absolute atomic E-state index is 0.0587. The van der Waals surface area contributed by atoms with Crippen molar-refractivity contribution < 1.29 is 14.3 Å². The van der Waals surface area contributed by atoms with Crippen LogP contribution in [0, 0.1) is 12.3 Å². The molecule has 0 radical (unpaired) electrons. The quantitative estimate of drug-likeness (QED) is 0.436. The van der Waals surface area contributed by atoms with Crippen LogP contribution in [0.15, 0.2) is 0 Å². The molecule has 4 heteroatoms. The Morgan fingerprint density at radius 1 is 1.54 bits per heavy atom. The van der Waals surface area contributed by atoms with Gasteiger partial charge in [0.15, 0.2) is 6.61 Å². The van der Waals surface area contributed by atoms with E-state index in [0.29, 0.717) is 19.8 Å². The van der Waals surface area contributed by atoms with Gasteiger partial charge in [0.1, 0.15) is 0 Å². The lowest BCUT2D eigenvalue weighted by Crippen LogP contribution is -2.40. The largest absolute Gasteiger partial charge is 0.452 e. The molecule has 0 bridgehead atoms. The summed E-state index contributed by atoms with van der Waals surface area (Å²) in [4.78, 5) is 13.1. The maximum Gasteiger partial charge on any atom is 0.321 e. The minimum atomic E-state index is -0.264. The van der Waals surface area contributed by atoms with Gasteiger partial charge in [0.2, 0.25) is 0 Å². The summed E-state index contributed by atoms with van der Waals surface area (Å²) < 4.78 is 9.87. The fraction of sp³-hybridized carbons (Fsp3) is 0.667. The molecule has 0 atom stereocenters. The molecule has 1 heterocycles. The predicted octanol–water partition coefficient (Wildman–Crippen LogP) is -0.505. The molecule has 1 saturated heterocycles. The first kappa shape index (κ1) is 10.0. The van der Waals surface area contributed by atoms with Crippen LogP contribution in [0.2, 0.25) is 0 Å². The van der Waals surface area contributed by atoms with E-state index in [1.807, 2.05) is 4.90 Å². The van der Waals surface area contributed by atoms with E-state index >= 15 is 0 Å². The first-order chi connectivity index (χ1) is 6.33. The Balaban J connectivity index is 2.15. The van der Waals surface area contributed by atoms with Crippen molar-refractivity contribution in [3.05, 3.63) is 0 Å². The minimum Gasteiger partial charge on any atom is -0.452 e. The van der Waals surface area contributed by atoms with Gasteiger partial charge < -0.3 is 9.47 Å². The smallest absolute Gasteiger partial charge is 0.321 e. The van der Waals surface area contributed by atoms with E-state index in [9.17, 15) is 4.79 Å². The van der Waals surface area contributed by atoms with Crippen LogP contribution in [0.25, 0.3) is 0 Å². The Kier molecular flexibility index (Phi) is 4.30. The van der Waals surface area contributed by atoms with Crippen molar-refractivity contribution in [1.29, 1.82) is 0 Å². The molecule has 1 aliphatic heterocycles. The zero-order valence-corrected chi connectivity index (χ0v) is 7.49. The summed E-state index contributed by atoms with van der Waals surface area (Å²) in [6.45, 7) is 3.30. The number of carbonyl (C=O) groups excluding carboxylic acids is 1. The van der Waals surface area contributed by atoms with Crippen molar-refractivity contribution in [2.45, 2.75) is 0 Å². The van der Waals surface area contributed by atoms with Crippen LogP contribution in [0.5, 0.6) is 0 Å². The van der Waals surface area contributed by atoms with Crippen molar-refractivity contribution in [3.63, 3.8) is 0 Å². The summed E-state index contributed by atoms with van der Waals surface area (Å²) in [5.41, 5.74) is 0. The number of ether oxygens (including phenoxy) is 2. The number of rotatable bonds is 3. The lowest BCUT2D eigenvalue weighted by molar-refractivity contribution is -0.144. The fourth-order valence-corrected chi connectivity index (χ4v) is 1.11. The number of terminal acetylenes is 1. The second-order valence-corrected chi connectivity index (χ2v) is 2.75. The normalized spacial score (nSPS) is 17.8. The molecule has 13 heavy (non-hydrogen) atoms.